The Morgan fingerprint density at radius 3 is 2.17 bits per heavy atom. The lowest BCUT2D eigenvalue weighted by molar-refractivity contribution is -0.146. The molecule has 1 aliphatic rings. The van der Waals surface area contributed by atoms with Crippen molar-refractivity contribution in [2.45, 2.75) is 76.9 Å². The molecule has 0 saturated heterocycles. The van der Waals surface area contributed by atoms with Gasteiger partial charge in [-0.3, -0.25) is 9.59 Å². The van der Waals surface area contributed by atoms with E-state index in [1.807, 2.05) is 66.7 Å². The molecule has 42 heavy (non-hydrogen) atoms. The summed E-state index contributed by atoms with van der Waals surface area (Å²) in [4.78, 5) is 52.9. The van der Waals surface area contributed by atoms with Crippen molar-refractivity contribution in [2.75, 3.05) is 14.2 Å². The number of hydrogen-bond acceptors (Lipinski definition) is 7. The number of benzene rings is 2. The van der Waals surface area contributed by atoms with Crippen LogP contribution < -0.4 is 10.6 Å². The predicted octanol–water partition coefficient (Wildman–Crippen LogP) is 4.24. The van der Waals surface area contributed by atoms with Crippen LogP contribution >= 0.6 is 0 Å². The fourth-order valence-electron chi connectivity index (χ4n) is 4.68. The van der Waals surface area contributed by atoms with E-state index in [-0.39, 0.29) is 32.0 Å². The van der Waals surface area contributed by atoms with Crippen molar-refractivity contribution in [3.05, 3.63) is 83.6 Å². The second-order valence-corrected chi connectivity index (χ2v) is 10.2. The van der Waals surface area contributed by atoms with E-state index in [1.165, 1.54) is 12.0 Å². The van der Waals surface area contributed by atoms with Crippen molar-refractivity contribution in [1.82, 2.24) is 15.5 Å². The summed E-state index contributed by atoms with van der Waals surface area (Å²) in [6, 6.07) is 16.6. The van der Waals surface area contributed by atoms with Crippen LogP contribution in [-0.4, -0.2) is 61.1 Å². The molecule has 0 radical (unpaired) electrons. The minimum Gasteiger partial charge on any atom is -0.467 e. The number of rotatable bonds is 14. The number of amides is 3. The maximum absolute atomic E-state index is 13.5. The van der Waals surface area contributed by atoms with Crippen LogP contribution in [0.15, 0.2) is 72.4 Å². The molecule has 0 fully saturated rings. The molecule has 2 N–H and O–H groups in total. The number of nitrogens with zero attached hydrogens (tertiary/aromatic N) is 1. The Balaban J connectivity index is 1.64. The van der Waals surface area contributed by atoms with Gasteiger partial charge in [0.2, 0.25) is 11.8 Å². The number of likely N-dealkylation sites (N-methyl/N-ethyl adjacent to an activating group) is 1. The first kappa shape index (κ1) is 32.3. The summed E-state index contributed by atoms with van der Waals surface area (Å²) in [5.41, 5.74) is 2.57. The SMILES string of the molecule is COC(=O)[C@@H](CCC(=O)N(C)[C@@H](C(=O)NC1=CCCCC1)[C@@H](C)OCc1ccccc1)NC(=O)OCc1ccccc1. The second kappa shape index (κ2) is 16.9. The van der Waals surface area contributed by atoms with Gasteiger partial charge < -0.3 is 29.7 Å². The molecule has 3 rings (SSSR count). The lowest BCUT2D eigenvalue weighted by atomic mass is 10.0. The van der Waals surface area contributed by atoms with Crippen LogP contribution in [0.5, 0.6) is 0 Å². The molecule has 0 bridgehead atoms. The summed E-state index contributed by atoms with van der Waals surface area (Å²) in [5, 5.41) is 5.46. The Bertz CT molecular complexity index is 1200. The third-order valence-corrected chi connectivity index (χ3v) is 7.09. The van der Waals surface area contributed by atoms with E-state index in [0.29, 0.717) is 0 Å². The van der Waals surface area contributed by atoms with Crippen molar-refractivity contribution < 1.29 is 33.4 Å². The molecular formula is C32H41N3O7. The Kier molecular flexibility index (Phi) is 13.0. The van der Waals surface area contributed by atoms with Gasteiger partial charge in [0.25, 0.3) is 0 Å². The average Bonchev–Trinajstić information content (AvgIpc) is 3.02. The molecule has 0 spiro atoms. The zero-order chi connectivity index (χ0) is 30.3. The van der Waals surface area contributed by atoms with Crippen LogP contribution in [-0.2, 0) is 41.8 Å². The van der Waals surface area contributed by atoms with E-state index in [2.05, 4.69) is 10.6 Å². The molecule has 0 unspecified atom stereocenters. The largest absolute Gasteiger partial charge is 0.467 e. The van der Waals surface area contributed by atoms with Gasteiger partial charge in [0.05, 0.1) is 19.8 Å². The molecule has 3 atom stereocenters. The molecule has 0 aliphatic heterocycles. The molecule has 1 aliphatic carbocycles. The zero-order valence-corrected chi connectivity index (χ0v) is 24.5. The van der Waals surface area contributed by atoms with E-state index in [4.69, 9.17) is 14.2 Å². The summed E-state index contributed by atoms with van der Waals surface area (Å²) in [7, 11) is 2.74. The Morgan fingerprint density at radius 2 is 1.57 bits per heavy atom. The first-order chi connectivity index (χ1) is 20.3. The van der Waals surface area contributed by atoms with Crippen molar-refractivity contribution in [3.8, 4) is 0 Å². The van der Waals surface area contributed by atoms with Gasteiger partial charge in [0.15, 0.2) is 0 Å². The average molecular weight is 580 g/mol. The summed E-state index contributed by atoms with van der Waals surface area (Å²) >= 11 is 0. The summed E-state index contributed by atoms with van der Waals surface area (Å²) in [5.74, 6) is -1.44. The van der Waals surface area contributed by atoms with Crippen LogP contribution in [0.25, 0.3) is 0 Å². The van der Waals surface area contributed by atoms with Gasteiger partial charge in [0, 0.05) is 19.2 Å². The molecule has 3 amide bonds. The van der Waals surface area contributed by atoms with Crippen molar-refractivity contribution >= 4 is 23.9 Å². The second-order valence-electron chi connectivity index (χ2n) is 10.2. The first-order valence-corrected chi connectivity index (χ1v) is 14.2. The normalized spacial score (nSPS) is 14.9. The standard InChI is InChI=1S/C32H41N3O7/c1-23(41-21-24-13-7-4-8-14-24)29(30(37)33-26-17-11-6-12-18-26)35(2)28(36)20-19-27(31(38)40-3)34-32(39)42-22-25-15-9-5-10-16-25/h4-5,7-10,13-17,23,27,29H,6,11-12,18-22H2,1-3H3,(H,33,37)(H,34,39)/t23-,27-,29-/m1/s1. The molecule has 0 heterocycles. The van der Waals surface area contributed by atoms with Gasteiger partial charge in [-0.1, -0.05) is 66.7 Å². The highest BCUT2D eigenvalue weighted by atomic mass is 16.6. The van der Waals surface area contributed by atoms with Gasteiger partial charge in [-0.15, -0.1) is 0 Å². The van der Waals surface area contributed by atoms with E-state index >= 15 is 0 Å². The number of alkyl carbamates (subject to hydrolysis) is 1. The first-order valence-electron chi connectivity index (χ1n) is 14.2. The number of carbonyl (C=O) groups is 4. The lowest BCUT2D eigenvalue weighted by Gasteiger charge is -2.32. The number of carbonyl (C=O) groups excluding carboxylic acids is 4. The van der Waals surface area contributed by atoms with Gasteiger partial charge in [0.1, 0.15) is 18.7 Å². The molecule has 2 aromatic carbocycles. The van der Waals surface area contributed by atoms with Gasteiger partial charge in [-0.2, -0.15) is 0 Å². The van der Waals surface area contributed by atoms with Crippen LogP contribution in [0.1, 0.15) is 56.6 Å². The Labute approximate surface area is 247 Å². The smallest absolute Gasteiger partial charge is 0.408 e. The van der Waals surface area contributed by atoms with Gasteiger partial charge >= 0.3 is 12.1 Å². The third kappa shape index (κ3) is 10.3. The number of allylic oxidation sites excluding steroid dienone is 2. The van der Waals surface area contributed by atoms with E-state index < -0.39 is 36.2 Å². The number of ether oxygens (including phenoxy) is 3. The quantitative estimate of drug-likeness (QED) is 0.321. The van der Waals surface area contributed by atoms with Gasteiger partial charge in [-0.25, -0.2) is 9.59 Å². The molecule has 0 aromatic heterocycles. The fraction of sp³-hybridized carbons (Fsp3) is 0.438. The summed E-state index contributed by atoms with van der Waals surface area (Å²) in [6.07, 6.45) is 4.12. The van der Waals surface area contributed by atoms with E-state index in [9.17, 15) is 19.2 Å². The zero-order valence-electron chi connectivity index (χ0n) is 24.5. The Hall–Kier alpha value is -4.18. The number of nitrogens with one attached hydrogen (secondary N) is 2. The minimum atomic E-state index is -1.11. The highest BCUT2D eigenvalue weighted by Gasteiger charge is 2.34. The van der Waals surface area contributed by atoms with Crippen LogP contribution in [0.3, 0.4) is 0 Å². The highest BCUT2D eigenvalue weighted by molar-refractivity contribution is 5.89. The third-order valence-electron chi connectivity index (χ3n) is 7.09. The van der Waals surface area contributed by atoms with Crippen LogP contribution in [0, 0.1) is 0 Å². The maximum atomic E-state index is 13.5. The van der Waals surface area contributed by atoms with Crippen molar-refractivity contribution in [3.63, 3.8) is 0 Å². The predicted molar refractivity (Wildman–Crippen MR) is 157 cm³/mol. The summed E-state index contributed by atoms with van der Waals surface area (Å²) < 4.78 is 16.1. The summed E-state index contributed by atoms with van der Waals surface area (Å²) in [6.45, 7) is 2.06. The molecule has 0 saturated carbocycles. The van der Waals surface area contributed by atoms with E-state index in [0.717, 1.165) is 42.5 Å². The van der Waals surface area contributed by atoms with E-state index in [1.54, 1.807) is 14.0 Å². The number of methoxy groups -OCH3 is 1. The van der Waals surface area contributed by atoms with Crippen LogP contribution in [0.2, 0.25) is 0 Å². The number of esters is 1. The molecular weight excluding hydrogens is 538 g/mol. The fourth-order valence-corrected chi connectivity index (χ4v) is 4.68. The maximum Gasteiger partial charge on any atom is 0.408 e. The number of hydrogen-bond donors (Lipinski definition) is 2. The van der Waals surface area contributed by atoms with Gasteiger partial charge in [-0.05, 0) is 50.2 Å². The molecule has 10 heteroatoms. The molecule has 226 valence electrons. The monoisotopic (exact) mass is 579 g/mol. The van der Waals surface area contributed by atoms with Crippen LogP contribution in [0.4, 0.5) is 4.79 Å². The topological polar surface area (TPSA) is 123 Å². The van der Waals surface area contributed by atoms with Crippen molar-refractivity contribution in [2.24, 2.45) is 0 Å². The molecule has 2 aromatic rings. The molecule has 10 nitrogen and oxygen atoms in total. The highest BCUT2D eigenvalue weighted by Crippen LogP contribution is 2.18. The Morgan fingerprint density at radius 1 is 0.929 bits per heavy atom. The minimum absolute atomic E-state index is 0.0241. The lowest BCUT2D eigenvalue weighted by Crippen LogP contribution is -2.54. The van der Waals surface area contributed by atoms with Crippen molar-refractivity contribution in [1.29, 1.82) is 0 Å².